The fourth-order valence-electron chi connectivity index (χ4n) is 3.52. The largest absolute Gasteiger partial charge is 0.468 e. The third-order valence-electron chi connectivity index (χ3n) is 4.51. The lowest BCUT2D eigenvalue weighted by molar-refractivity contribution is 0.174. The minimum Gasteiger partial charge on any atom is -0.468 e. The van der Waals surface area contributed by atoms with Gasteiger partial charge in [0.2, 0.25) is 0 Å². The zero-order valence-corrected chi connectivity index (χ0v) is 11.0. The Bertz CT molecular complexity index is 349. The van der Waals surface area contributed by atoms with Crippen LogP contribution >= 0.6 is 0 Å². The van der Waals surface area contributed by atoms with Gasteiger partial charge in [0, 0.05) is 18.6 Å². The van der Waals surface area contributed by atoms with Crippen LogP contribution in [0, 0.1) is 5.92 Å². The number of furan rings is 1. The third kappa shape index (κ3) is 2.96. The Balaban J connectivity index is 1.41. The van der Waals surface area contributed by atoms with Crippen molar-refractivity contribution in [2.45, 2.75) is 57.2 Å². The van der Waals surface area contributed by atoms with Crippen molar-refractivity contribution in [3.8, 4) is 0 Å². The molecule has 3 rings (SSSR count). The van der Waals surface area contributed by atoms with Crippen LogP contribution in [0.3, 0.4) is 0 Å². The predicted octanol–water partition coefficient (Wildman–Crippen LogP) is 2.68. The van der Waals surface area contributed by atoms with Crippen molar-refractivity contribution in [2.24, 2.45) is 5.92 Å². The number of fused-ring (bicyclic) bond motifs is 1. The van der Waals surface area contributed by atoms with Crippen LogP contribution < -0.4 is 10.6 Å². The van der Waals surface area contributed by atoms with Crippen molar-refractivity contribution in [3.63, 3.8) is 0 Å². The molecule has 100 valence electrons. The molecule has 18 heavy (non-hydrogen) atoms. The molecule has 1 saturated heterocycles. The topological polar surface area (TPSA) is 37.2 Å². The van der Waals surface area contributed by atoms with Gasteiger partial charge < -0.3 is 15.1 Å². The van der Waals surface area contributed by atoms with Crippen LogP contribution in [-0.2, 0) is 6.54 Å². The van der Waals surface area contributed by atoms with Crippen molar-refractivity contribution in [2.75, 3.05) is 6.54 Å². The van der Waals surface area contributed by atoms with Gasteiger partial charge in [0.15, 0.2) is 0 Å². The molecule has 1 aromatic rings. The van der Waals surface area contributed by atoms with Gasteiger partial charge in [-0.2, -0.15) is 0 Å². The Kier molecular flexibility index (Phi) is 4.01. The summed E-state index contributed by atoms with van der Waals surface area (Å²) in [6, 6.07) is 5.42. The number of hydrogen-bond acceptors (Lipinski definition) is 3. The molecule has 2 heterocycles. The summed E-state index contributed by atoms with van der Waals surface area (Å²) in [5.41, 5.74) is 0. The Morgan fingerprint density at radius 3 is 3.06 bits per heavy atom. The molecular formula is C15H24N2O. The second-order valence-corrected chi connectivity index (χ2v) is 5.80. The van der Waals surface area contributed by atoms with Gasteiger partial charge in [0.05, 0.1) is 12.8 Å². The van der Waals surface area contributed by atoms with E-state index in [1.165, 1.54) is 38.5 Å². The summed E-state index contributed by atoms with van der Waals surface area (Å²) in [7, 11) is 0. The van der Waals surface area contributed by atoms with Gasteiger partial charge >= 0.3 is 0 Å². The molecule has 0 bridgehead atoms. The Hall–Kier alpha value is -0.800. The lowest BCUT2D eigenvalue weighted by Gasteiger charge is -2.40. The second kappa shape index (κ2) is 5.89. The monoisotopic (exact) mass is 248 g/mol. The summed E-state index contributed by atoms with van der Waals surface area (Å²) in [5.74, 6) is 1.99. The first-order chi connectivity index (χ1) is 8.92. The Labute approximate surface area is 109 Å². The van der Waals surface area contributed by atoms with E-state index in [1.807, 2.05) is 12.1 Å². The van der Waals surface area contributed by atoms with Crippen LogP contribution in [-0.4, -0.2) is 18.6 Å². The van der Waals surface area contributed by atoms with Gasteiger partial charge in [-0.3, -0.25) is 0 Å². The average molecular weight is 248 g/mol. The molecule has 3 nitrogen and oxygen atoms in total. The first kappa shape index (κ1) is 12.2. The highest BCUT2D eigenvalue weighted by molar-refractivity contribution is 4.98. The van der Waals surface area contributed by atoms with E-state index in [4.69, 9.17) is 4.42 Å². The Morgan fingerprint density at radius 2 is 2.17 bits per heavy atom. The predicted molar refractivity (Wildman–Crippen MR) is 72.3 cm³/mol. The van der Waals surface area contributed by atoms with Gasteiger partial charge in [-0.15, -0.1) is 0 Å². The number of nitrogens with one attached hydrogen (secondary N) is 2. The molecule has 3 atom stereocenters. The minimum atomic E-state index is 0.652. The summed E-state index contributed by atoms with van der Waals surface area (Å²) < 4.78 is 5.33. The second-order valence-electron chi connectivity index (χ2n) is 5.80. The zero-order valence-electron chi connectivity index (χ0n) is 11.0. The smallest absolute Gasteiger partial charge is 0.117 e. The van der Waals surface area contributed by atoms with E-state index in [-0.39, 0.29) is 0 Å². The quantitative estimate of drug-likeness (QED) is 0.860. The molecule has 0 radical (unpaired) electrons. The van der Waals surface area contributed by atoms with E-state index in [0.717, 1.165) is 30.8 Å². The number of hydrogen-bond donors (Lipinski definition) is 2. The molecule has 1 saturated carbocycles. The Morgan fingerprint density at radius 1 is 1.22 bits per heavy atom. The molecule has 0 spiro atoms. The van der Waals surface area contributed by atoms with Crippen molar-refractivity contribution in [1.29, 1.82) is 0 Å². The molecule has 2 aliphatic rings. The maximum atomic E-state index is 5.33. The molecule has 2 fully saturated rings. The van der Waals surface area contributed by atoms with Crippen molar-refractivity contribution < 1.29 is 4.42 Å². The van der Waals surface area contributed by atoms with Crippen LogP contribution in [0.4, 0.5) is 0 Å². The van der Waals surface area contributed by atoms with Gasteiger partial charge in [-0.25, -0.2) is 0 Å². The van der Waals surface area contributed by atoms with Gasteiger partial charge in [-0.1, -0.05) is 12.8 Å². The van der Waals surface area contributed by atoms with Crippen molar-refractivity contribution in [1.82, 2.24) is 10.6 Å². The molecule has 2 N–H and O–H groups in total. The standard InChI is InChI=1S/C15H24N2O/c1-2-6-15-12(4-1)7-8-13(17-15)10-16-11-14-5-3-9-18-14/h3,5,9,12-13,15-17H,1-2,4,6-8,10-11H2. The highest BCUT2D eigenvalue weighted by atomic mass is 16.3. The van der Waals surface area contributed by atoms with Crippen LogP contribution in [0.1, 0.15) is 44.3 Å². The number of rotatable bonds is 4. The molecule has 1 aliphatic heterocycles. The normalized spacial score (nSPS) is 32.1. The SMILES string of the molecule is c1coc(CNCC2CCC3CCCCC3N2)c1. The maximum Gasteiger partial charge on any atom is 0.117 e. The molecule has 0 aromatic carbocycles. The van der Waals surface area contributed by atoms with E-state index in [2.05, 4.69) is 10.6 Å². The highest BCUT2D eigenvalue weighted by Crippen LogP contribution is 2.31. The first-order valence-electron chi connectivity index (χ1n) is 7.41. The molecule has 3 unspecified atom stereocenters. The van der Waals surface area contributed by atoms with Crippen LogP contribution in [0.5, 0.6) is 0 Å². The first-order valence-corrected chi connectivity index (χ1v) is 7.41. The zero-order chi connectivity index (χ0) is 12.2. The summed E-state index contributed by atoms with van der Waals surface area (Å²) >= 11 is 0. The number of piperidine rings is 1. The molecule has 0 amide bonds. The minimum absolute atomic E-state index is 0.652. The molecular weight excluding hydrogens is 224 g/mol. The summed E-state index contributed by atoms with van der Waals surface area (Å²) in [6.07, 6.45) is 10.2. The van der Waals surface area contributed by atoms with E-state index < -0.39 is 0 Å². The fourth-order valence-corrected chi connectivity index (χ4v) is 3.52. The maximum absolute atomic E-state index is 5.33. The lowest BCUT2D eigenvalue weighted by atomic mass is 9.78. The van der Waals surface area contributed by atoms with Crippen LogP contribution in [0.25, 0.3) is 0 Å². The highest BCUT2D eigenvalue weighted by Gasteiger charge is 2.31. The fraction of sp³-hybridized carbons (Fsp3) is 0.733. The van der Waals surface area contributed by atoms with Crippen LogP contribution in [0.15, 0.2) is 22.8 Å². The third-order valence-corrected chi connectivity index (χ3v) is 4.51. The van der Waals surface area contributed by atoms with Crippen molar-refractivity contribution in [3.05, 3.63) is 24.2 Å². The van der Waals surface area contributed by atoms with Gasteiger partial charge in [0.1, 0.15) is 5.76 Å². The molecule has 1 aliphatic carbocycles. The average Bonchev–Trinajstić information content (AvgIpc) is 2.92. The van der Waals surface area contributed by atoms with Crippen molar-refractivity contribution >= 4 is 0 Å². The van der Waals surface area contributed by atoms with E-state index in [1.54, 1.807) is 6.26 Å². The van der Waals surface area contributed by atoms with E-state index in [0.29, 0.717) is 6.04 Å². The summed E-state index contributed by atoms with van der Waals surface area (Å²) in [5, 5.41) is 7.34. The van der Waals surface area contributed by atoms with Crippen LogP contribution in [0.2, 0.25) is 0 Å². The van der Waals surface area contributed by atoms with Gasteiger partial charge in [0.25, 0.3) is 0 Å². The lowest BCUT2D eigenvalue weighted by Crippen LogP contribution is -2.52. The molecule has 1 aromatic heterocycles. The van der Waals surface area contributed by atoms with E-state index >= 15 is 0 Å². The summed E-state index contributed by atoms with van der Waals surface area (Å²) in [6.45, 7) is 1.91. The van der Waals surface area contributed by atoms with Gasteiger partial charge in [-0.05, 0) is 43.7 Å². The molecule has 3 heteroatoms. The summed E-state index contributed by atoms with van der Waals surface area (Å²) in [4.78, 5) is 0. The van der Waals surface area contributed by atoms with E-state index in [9.17, 15) is 0 Å².